The summed E-state index contributed by atoms with van der Waals surface area (Å²) in [5.41, 5.74) is 2.25. The number of amides is 1. The summed E-state index contributed by atoms with van der Waals surface area (Å²) >= 11 is 0. The first kappa shape index (κ1) is 18.1. The van der Waals surface area contributed by atoms with Crippen LogP contribution in [0, 0.1) is 12.7 Å². The summed E-state index contributed by atoms with van der Waals surface area (Å²) in [5, 5.41) is 0. The Bertz CT molecular complexity index is 975. The minimum absolute atomic E-state index is 0.0121. The molecule has 2 fully saturated rings. The molecule has 2 aliphatic heterocycles. The Labute approximate surface area is 158 Å². The highest BCUT2D eigenvalue weighted by molar-refractivity contribution is 7.91. The van der Waals surface area contributed by atoms with Crippen molar-refractivity contribution in [3.63, 3.8) is 0 Å². The summed E-state index contributed by atoms with van der Waals surface area (Å²) in [6.45, 7) is 2.25. The predicted molar refractivity (Wildman–Crippen MR) is 102 cm³/mol. The van der Waals surface area contributed by atoms with Gasteiger partial charge in [-0.2, -0.15) is 0 Å². The molecule has 0 bridgehead atoms. The Morgan fingerprint density at radius 3 is 2.41 bits per heavy atom. The lowest BCUT2D eigenvalue weighted by molar-refractivity contribution is -0.123. The van der Waals surface area contributed by atoms with E-state index in [9.17, 15) is 17.6 Å². The summed E-state index contributed by atoms with van der Waals surface area (Å²) in [5.74, 6) is -0.579. The largest absolute Gasteiger partial charge is 0.306 e. The lowest BCUT2D eigenvalue weighted by Gasteiger charge is -2.43. The summed E-state index contributed by atoms with van der Waals surface area (Å²) in [7, 11) is -3.27. The van der Waals surface area contributed by atoms with Gasteiger partial charge in [-0.3, -0.25) is 9.69 Å². The molecule has 0 aromatic heterocycles. The first-order valence-corrected chi connectivity index (χ1v) is 10.7. The standard InChI is InChI=1S/C20H21FN2O3S/c1-14-6-8-16(9-7-14)23-19-13-27(25,26)12-18(19)22(11-20(23)24)10-15-4-2-3-5-17(15)21/h2-9,18-19H,10-13H2,1H3/t18-,19+/m0/s1. The summed E-state index contributed by atoms with van der Waals surface area (Å²) < 4.78 is 38.8. The first-order valence-electron chi connectivity index (χ1n) is 8.91. The van der Waals surface area contributed by atoms with Gasteiger partial charge in [-0.25, -0.2) is 12.8 Å². The van der Waals surface area contributed by atoms with Crippen LogP contribution in [0.4, 0.5) is 10.1 Å². The molecule has 0 N–H and O–H groups in total. The molecule has 0 aliphatic carbocycles. The smallest absolute Gasteiger partial charge is 0.241 e. The lowest BCUT2D eigenvalue weighted by atomic mass is 10.0. The van der Waals surface area contributed by atoms with Gasteiger partial charge in [0.1, 0.15) is 5.82 Å². The van der Waals surface area contributed by atoms with Gasteiger partial charge in [0.15, 0.2) is 9.84 Å². The van der Waals surface area contributed by atoms with Crippen LogP contribution < -0.4 is 4.90 Å². The highest BCUT2D eigenvalue weighted by Crippen LogP contribution is 2.32. The van der Waals surface area contributed by atoms with Gasteiger partial charge < -0.3 is 4.90 Å². The zero-order chi connectivity index (χ0) is 19.2. The van der Waals surface area contributed by atoms with Crippen molar-refractivity contribution in [1.29, 1.82) is 0 Å². The molecule has 2 aromatic rings. The lowest BCUT2D eigenvalue weighted by Crippen LogP contribution is -2.61. The van der Waals surface area contributed by atoms with Gasteiger partial charge in [0.25, 0.3) is 0 Å². The maximum absolute atomic E-state index is 14.1. The van der Waals surface area contributed by atoms with Crippen LogP contribution in [0.1, 0.15) is 11.1 Å². The monoisotopic (exact) mass is 388 g/mol. The van der Waals surface area contributed by atoms with Crippen molar-refractivity contribution < 1.29 is 17.6 Å². The Hall–Kier alpha value is -2.25. The number of nitrogens with zero attached hydrogens (tertiary/aromatic N) is 2. The van der Waals surface area contributed by atoms with E-state index in [1.54, 1.807) is 28.0 Å². The number of hydrogen-bond donors (Lipinski definition) is 0. The van der Waals surface area contributed by atoms with E-state index in [4.69, 9.17) is 0 Å². The fourth-order valence-corrected chi connectivity index (χ4v) is 6.00. The zero-order valence-corrected chi connectivity index (χ0v) is 15.8. The highest BCUT2D eigenvalue weighted by atomic mass is 32.2. The molecule has 2 saturated heterocycles. The van der Waals surface area contributed by atoms with Crippen molar-refractivity contribution in [2.45, 2.75) is 25.6 Å². The minimum atomic E-state index is -3.27. The second kappa shape index (κ2) is 6.73. The molecule has 0 radical (unpaired) electrons. The molecule has 7 heteroatoms. The maximum atomic E-state index is 14.1. The second-order valence-corrected chi connectivity index (χ2v) is 9.46. The van der Waals surface area contributed by atoms with Crippen molar-refractivity contribution in [1.82, 2.24) is 4.90 Å². The van der Waals surface area contributed by atoms with E-state index in [1.807, 2.05) is 31.2 Å². The van der Waals surface area contributed by atoms with Crippen molar-refractivity contribution in [3.8, 4) is 0 Å². The van der Waals surface area contributed by atoms with Crippen LogP contribution in [-0.2, 0) is 21.2 Å². The van der Waals surface area contributed by atoms with Gasteiger partial charge >= 0.3 is 0 Å². The molecular weight excluding hydrogens is 367 g/mol. The molecule has 0 saturated carbocycles. The van der Waals surface area contributed by atoms with Crippen molar-refractivity contribution in [2.24, 2.45) is 0 Å². The van der Waals surface area contributed by atoms with Crippen LogP contribution in [0.5, 0.6) is 0 Å². The number of fused-ring (bicyclic) bond motifs is 1. The fourth-order valence-electron chi connectivity index (χ4n) is 4.02. The quantitative estimate of drug-likeness (QED) is 0.809. The van der Waals surface area contributed by atoms with Crippen LogP contribution in [0.15, 0.2) is 48.5 Å². The van der Waals surface area contributed by atoms with E-state index in [1.165, 1.54) is 6.07 Å². The number of aryl methyl sites for hydroxylation is 1. The van der Waals surface area contributed by atoms with E-state index < -0.39 is 15.9 Å². The van der Waals surface area contributed by atoms with Crippen LogP contribution in [0.3, 0.4) is 0 Å². The molecule has 2 aliphatic rings. The average Bonchev–Trinajstić information content (AvgIpc) is 2.93. The molecule has 142 valence electrons. The van der Waals surface area contributed by atoms with Gasteiger partial charge in [-0.05, 0) is 25.1 Å². The molecule has 2 heterocycles. The fraction of sp³-hybridized carbons (Fsp3) is 0.350. The van der Waals surface area contributed by atoms with Crippen LogP contribution in [0.2, 0.25) is 0 Å². The van der Waals surface area contributed by atoms with E-state index >= 15 is 0 Å². The number of benzene rings is 2. The van der Waals surface area contributed by atoms with Gasteiger partial charge in [0.05, 0.1) is 24.1 Å². The molecule has 0 spiro atoms. The Morgan fingerprint density at radius 2 is 1.70 bits per heavy atom. The number of hydrogen-bond acceptors (Lipinski definition) is 4. The summed E-state index contributed by atoms with van der Waals surface area (Å²) in [6, 6.07) is 13.1. The number of carbonyl (C=O) groups is 1. The summed E-state index contributed by atoms with van der Waals surface area (Å²) in [4.78, 5) is 16.3. The van der Waals surface area contributed by atoms with E-state index in [0.717, 1.165) is 5.56 Å². The number of sulfone groups is 1. The van der Waals surface area contributed by atoms with Crippen LogP contribution in [0.25, 0.3) is 0 Å². The third-order valence-electron chi connectivity index (χ3n) is 5.34. The molecule has 4 rings (SSSR count). The Balaban J connectivity index is 1.68. The molecular formula is C20H21FN2O3S. The number of halogens is 1. The number of rotatable bonds is 3. The normalized spacial score (nSPS) is 24.8. The third-order valence-corrected chi connectivity index (χ3v) is 7.04. The van der Waals surface area contributed by atoms with Crippen LogP contribution in [-0.4, -0.2) is 49.4 Å². The number of carbonyl (C=O) groups excluding carboxylic acids is 1. The van der Waals surface area contributed by atoms with Crippen molar-refractivity contribution >= 4 is 21.4 Å². The van der Waals surface area contributed by atoms with E-state index in [-0.39, 0.29) is 42.4 Å². The average molecular weight is 388 g/mol. The highest BCUT2D eigenvalue weighted by Gasteiger charge is 2.49. The molecule has 27 heavy (non-hydrogen) atoms. The SMILES string of the molecule is Cc1ccc(N2C(=O)CN(Cc3ccccc3F)[C@H]3CS(=O)(=O)C[C@H]32)cc1. The predicted octanol–water partition coefficient (Wildman–Crippen LogP) is 2.15. The third kappa shape index (κ3) is 3.49. The molecule has 5 nitrogen and oxygen atoms in total. The Morgan fingerprint density at radius 1 is 1.04 bits per heavy atom. The minimum Gasteiger partial charge on any atom is -0.306 e. The second-order valence-electron chi connectivity index (χ2n) is 7.31. The first-order chi connectivity index (χ1) is 12.8. The van der Waals surface area contributed by atoms with Gasteiger partial charge in [0.2, 0.25) is 5.91 Å². The van der Waals surface area contributed by atoms with Crippen molar-refractivity contribution in [2.75, 3.05) is 23.0 Å². The topological polar surface area (TPSA) is 57.7 Å². The van der Waals surface area contributed by atoms with Gasteiger partial charge in [-0.1, -0.05) is 35.9 Å². The van der Waals surface area contributed by atoms with Crippen LogP contribution >= 0.6 is 0 Å². The summed E-state index contributed by atoms with van der Waals surface area (Å²) in [6.07, 6.45) is 0. The van der Waals surface area contributed by atoms with E-state index in [0.29, 0.717) is 11.3 Å². The van der Waals surface area contributed by atoms with Crippen molar-refractivity contribution in [3.05, 3.63) is 65.5 Å². The Kier molecular flexibility index (Phi) is 4.52. The zero-order valence-electron chi connectivity index (χ0n) is 15.0. The van der Waals surface area contributed by atoms with Gasteiger partial charge in [-0.15, -0.1) is 0 Å². The van der Waals surface area contributed by atoms with E-state index in [2.05, 4.69) is 0 Å². The maximum Gasteiger partial charge on any atom is 0.241 e. The number of anilines is 1. The molecule has 0 unspecified atom stereocenters. The number of piperazine rings is 1. The molecule has 2 atom stereocenters. The molecule has 1 amide bonds. The van der Waals surface area contributed by atoms with Gasteiger partial charge in [0, 0.05) is 23.8 Å². The molecule has 2 aromatic carbocycles.